The predicted octanol–water partition coefficient (Wildman–Crippen LogP) is 3.48. The molecule has 1 aromatic carbocycles. The van der Waals surface area contributed by atoms with Crippen LogP contribution in [0.4, 0.5) is 0 Å². The average molecular weight is 405 g/mol. The summed E-state index contributed by atoms with van der Waals surface area (Å²) in [6.45, 7) is 1.92. The number of aliphatic hydroxyl groups excluding tert-OH is 1. The summed E-state index contributed by atoms with van der Waals surface area (Å²) in [5.74, 6) is -0.345. The first kappa shape index (κ1) is 20.4. The van der Waals surface area contributed by atoms with Crippen LogP contribution < -0.4 is 10.6 Å². The Morgan fingerprint density at radius 3 is 2.39 bits per heavy atom. The quantitative estimate of drug-likeness (QED) is 0.711. The van der Waals surface area contributed by atoms with Crippen LogP contribution in [-0.2, 0) is 0 Å². The van der Waals surface area contributed by atoms with Gasteiger partial charge in [0.05, 0.1) is 11.7 Å². The topological polar surface area (TPSA) is 91.6 Å². The molecule has 1 aliphatic rings. The summed E-state index contributed by atoms with van der Waals surface area (Å²) in [4.78, 5) is 25.0. The molecular formula is C21H25ClN2O4. The molecule has 1 aliphatic carbocycles. The van der Waals surface area contributed by atoms with Crippen molar-refractivity contribution in [3.05, 3.63) is 58.0 Å². The number of benzene rings is 1. The molecule has 1 fully saturated rings. The van der Waals surface area contributed by atoms with Crippen molar-refractivity contribution in [1.29, 1.82) is 0 Å². The normalized spacial score (nSPS) is 20.4. The number of amides is 2. The summed E-state index contributed by atoms with van der Waals surface area (Å²) in [5.41, 5.74) is 1.28. The first-order chi connectivity index (χ1) is 13.4. The highest BCUT2D eigenvalue weighted by atomic mass is 35.5. The number of carbonyl (C=O) groups is 2. The first-order valence-electron chi connectivity index (χ1n) is 9.49. The van der Waals surface area contributed by atoms with Crippen molar-refractivity contribution in [3.63, 3.8) is 0 Å². The Balaban J connectivity index is 1.87. The van der Waals surface area contributed by atoms with Crippen LogP contribution in [0.25, 0.3) is 0 Å². The molecule has 3 N–H and O–H groups in total. The van der Waals surface area contributed by atoms with Crippen molar-refractivity contribution in [3.8, 4) is 0 Å². The van der Waals surface area contributed by atoms with Gasteiger partial charge >= 0.3 is 0 Å². The second-order valence-corrected chi connectivity index (χ2v) is 7.66. The van der Waals surface area contributed by atoms with Gasteiger partial charge in [0.25, 0.3) is 11.8 Å². The summed E-state index contributed by atoms with van der Waals surface area (Å²) in [7, 11) is 1.51. The van der Waals surface area contributed by atoms with Crippen LogP contribution in [0.2, 0.25) is 5.02 Å². The van der Waals surface area contributed by atoms with E-state index in [0.717, 1.165) is 18.4 Å². The molecular weight excluding hydrogens is 380 g/mol. The number of rotatable bonds is 5. The number of hydrogen-bond acceptors (Lipinski definition) is 4. The Morgan fingerprint density at radius 2 is 1.79 bits per heavy atom. The van der Waals surface area contributed by atoms with E-state index >= 15 is 0 Å². The van der Waals surface area contributed by atoms with Crippen molar-refractivity contribution in [2.45, 2.75) is 50.7 Å². The Hall–Kier alpha value is -2.31. The smallest absolute Gasteiger partial charge is 0.286 e. The zero-order chi connectivity index (χ0) is 20.3. The van der Waals surface area contributed by atoms with Crippen molar-refractivity contribution in [2.75, 3.05) is 7.05 Å². The highest BCUT2D eigenvalue weighted by molar-refractivity contribution is 6.30. The second kappa shape index (κ2) is 8.80. The van der Waals surface area contributed by atoms with E-state index in [4.69, 9.17) is 16.0 Å². The Kier molecular flexibility index (Phi) is 6.42. The molecule has 3 rings (SSSR count). The van der Waals surface area contributed by atoms with E-state index in [2.05, 4.69) is 10.6 Å². The van der Waals surface area contributed by atoms with E-state index < -0.39 is 0 Å². The van der Waals surface area contributed by atoms with Crippen LogP contribution in [0.3, 0.4) is 0 Å². The van der Waals surface area contributed by atoms with Gasteiger partial charge in [0.15, 0.2) is 5.76 Å². The molecule has 2 aromatic rings. The van der Waals surface area contributed by atoms with E-state index in [1.54, 1.807) is 12.1 Å². The Labute approximate surface area is 169 Å². The van der Waals surface area contributed by atoms with Crippen LogP contribution in [0.15, 0.2) is 34.7 Å². The van der Waals surface area contributed by atoms with Crippen molar-refractivity contribution in [1.82, 2.24) is 10.6 Å². The van der Waals surface area contributed by atoms with Gasteiger partial charge in [-0.15, -0.1) is 0 Å². The molecule has 28 heavy (non-hydrogen) atoms. The zero-order valence-electron chi connectivity index (χ0n) is 16.0. The largest absolute Gasteiger partial charge is 0.454 e. The maximum atomic E-state index is 12.9. The minimum absolute atomic E-state index is 0.00735. The number of furan rings is 1. The lowest BCUT2D eigenvalue weighted by atomic mass is 9.92. The van der Waals surface area contributed by atoms with Crippen LogP contribution in [0.5, 0.6) is 0 Å². The fourth-order valence-electron chi connectivity index (χ4n) is 3.53. The van der Waals surface area contributed by atoms with Crippen LogP contribution in [0, 0.1) is 0 Å². The van der Waals surface area contributed by atoms with Gasteiger partial charge < -0.3 is 20.2 Å². The predicted molar refractivity (Wildman–Crippen MR) is 107 cm³/mol. The van der Waals surface area contributed by atoms with Gasteiger partial charge in [-0.2, -0.15) is 0 Å². The van der Waals surface area contributed by atoms with E-state index in [-0.39, 0.29) is 35.6 Å². The molecule has 0 aliphatic heterocycles. The highest BCUT2D eigenvalue weighted by Gasteiger charge is 2.28. The fraction of sp³-hybridized carbons (Fsp3) is 0.429. The number of halogens is 1. The molecule has 1 aromatic heterocycles. The number of nitrogens with one attached hydrogen (secondary N) is 2. The summed E-state index contributed by atoms with van der Waals surface area (Å²) in [6, 6.07) is 8.81. The monoisotopic (exact) mass is 404 g/mol. The van der Waals surface area contributed by atoms with Gasteiger partial charge in [0, 0.05) is 30.1 Å². The number of carbonyl (C=O) groups excluding carboxylic acids is 2. The van der Waals surface area contributed by atoms with Gasteiger partial charge in [-0.1, -0.05) is 30.7 Å². The molecule has 0 radical (unpaired) electrons. The fourth-order valence-corrected chi connectivity index (χ4v) is 3.65. The molecule has 1 saturated carbocycles. The minimum atomic E-state index is -0.385. The minimum Gasteiger partial charge on any atom is -0.454 e. The van der Waals surface area contributed by atoms with Gasteiger partial charge in [0.1, 0.15) is 5.76 Å². The lowest BCUT2D eigenvalue weighted by Crippen LogP contribution is -2.38. The third-order valence-electron chi connectivity index (χ3n) is 5.25. The average Bonchev–Trinajstić information content (AvgIpc) is 3.15. The highest BCUT2D eigenvalue weighted by Crippen LogP contribution is 2.31. The SMILES string of the molecule is CNC(=O)c1cc(C(=O)NC2CCC(O)CC2)c([C@@H](C)c2ccc(Cl)cc2)o1. The van der Waals surface area contributed by atoms with Gasteiger partial charge in [-0.05, 0) is 43.4 Å². The molecule has 0 saturated heterocycles. The molecule has 6 nitrogen and oxygen atoms in total. The van der Waals surface area contributed by atoms with E-state index in [0.29, 0.717) is 29.2 Å². The van der Waals surface area contributed by atoms with Crippen LogP contribution >= 0.6 is 11.6 Å². The van der Waals surface area contributed by atoms with Crippen molar-refractivity contribution < 1.29 is 19.1 Å². The summed E-state index contributed by atoms with van der Waals surface area (Å²) >= 11 is 5.97. The maximum Gasteiger partial charge on any atom is 0.286 e. The summed E-state index contributed by atoms with van der Waals surface area (Å²) < 4.78 is 5.80. The lowest BCUT2D eigenvalue weighted by Gasteiger charge is -2.26. The van der Waals surface area contributed by atoms with Gasteiger partial charge in [-0.25, -0.2) is 0 Å². The third-order valence-corrected chi connectivity index (χ3v) is 5.50. The molecule has 2 amide bonds. The van der Waals surface area contributed by atoms with Gasteiger partial charge in [-0.3, -0.25) is 9.59 Å². The van der Waals surface area contributed by atoms with Crippen LogP contribution in [-0.4, -0.2) is 36.1 Å². The third kappa shape index (κ3) is 4.56. The molecule has 0 unspecified atom stereocenters. The standard InChI is InChI=1S/C21H25ClN2O4/c1-12(13-3-5-14(22)6-4-13)19-17(11-18(28-19)21(27)23-2)20(26)24-15-7-9-16(25)10-8-15/h3-6,11-12,15-16,25H,7-10H2,1-2H3,(H,23,27)(H,24,26)/t12-,15?,16?/m0/s1. The molecule has 1 atom stereocenters. The number of hydrogen-bond donors (Lipinski definition) is 3. The van der Waals surface area contributed by atoms with Crippen molar-refractivity contribution >= 4 is 23.4 Å². The van der Waals surface area contributed by atoms with E-state index in [9.17, 15) is 14.7 Å². The molecule has 0 spiro atoms. The molecule has 7 heteroatoms. The van der Waals surface area contributed by atoms with Gasteiger partial charge in [0.2, 0.25) is 0 Å². The Bertz CT molecular complexity index is 839. The van der Waals surface area contributed by atoms with Crippen molar-refractivity contribution in [2.24, 2.45) is 0 Å². The van der Waals surface area contributed by atoms with E-state index in [1.807, 2.05) is 19.1 Å². The zero-order valence-corrected chi connectivity index (χ0v) is 16.8. The molecule has 0 bridgehead atoms. The summed E-state index contributed by atoms with van der Waals surface area (Å²) in [6.07, 6.45) is 2.52. The second-order valence-electron chi connectivity index (χ2n) is 7.22. The maximum absolute atomic E-state index is 12.9. The molecule has 1 heterocycles. The first-order valence-corrected chi connectivity index (χ1v) is 9.87. The van der Waals surface area contributed by atoms with E-state index in [1.165, 1.54) is 13.1 Å². The van der Waals surface area contributed by atoms with Crippen LogP contribution in [0.1, 0.15) is 70.8 Å². The lowest BCUT2D eigenvalue weighted by molar-refractivity contribution is 0.0864. The molecule has 150 valence electrons. The number of aliphatic hydroxyl groups is 1. The Morgan fingerprint density at radius 1 is 1.14 bits per heavy atom. The summed E-state index contributed by atoms with van der Waals surface area (Å²) in [5, 5.41) is 15.8.